The standard InChI is InChI=1S/C15H14N4O2/c1-2-15(16)11-3-5-12(6-4-11)17-18-13-7-9-14(10-8-13)19(20)21/h2-10,15H,1,16H2/b18-17+. The van der Waals surface area contributed by atoms with E-state index in [-0.39, 0.29) is 11.7 Å². The number of benzene rings is 2. The molecule has 21 heavy (non-hydrogen) atoms. The molecule has 0 heterocycles. The molecule has 2 aromatic carbocycles. The summed E-state index contributed by atoms with van der Waals surface area (Å²) in [6, 6.07) is 13.0. The van der Waals surface area contributed by atoms with Gasteiger partial charge in [-0.05, 0) is 29.8 Å². The molecule has 0 aliphatic carbocycles. The number of hydrogen-bond acceptors (Lipinski definition) is 5. The first-order valence-corrected chi connectivity index (χ1v) is 6.24. The van der Waals surface area contributed by atoms with Crippen LogP contribution in [0.5, 0.6) is 0 Å². The van der Waals surface area contributed by atoms with Crippen LogP contribution in [0, 0.1) is 10.1 Å². The van der Waals surface area contributed by atoms with Gasteiger partial charge in [0.15, 0.2) is 0 Å². The van der Waals surface area contributed by atoms with Crippen molar-refractivity contribution in [3.63, 3.8) is 0 Å². The fourth-order valence-corrected chi connectivity index (χ4v) is 1.66. The highest BCUT2D eigenvalue weighted by Crippen LogP contribution is 2.22. The number of nitrogens with two attached hydrogens (primary N) is 1. The highest BCUT2D eigenvalue weighted by atomic mass is 16.6. The Morgan fingerprint density at radius 3 is 1.95 bits per heavy atom. The molecule has 0 spiro atoms. The molecule has 1 unspecified atom stereocenters. The van der Waals surface area contributed by atoms with Crippen LogP contribution >= 0.6 is 0 Å². The lowest BCUT2D eigenvalue weighted by Gasteiger charge is -2.05. The Kier molecular flexibility index (Phi) is 4.53. The third kappa shape index (κ3) is 3.80. The zero-order valence-corrected chi connectivity index (χ0v) is 11.2. The van der Waals surface area contributed by atoms with Crippen molar-refractivity contribution >= 4 is 17.1 Å². The summed E-state index contributed by atoms with van der Waals surface area (Å²) in [7, 11) is 0. The Bertz CT molecular complexity index is 663. The fourth-order valence-electron chi connectivity index (χ4n) is 1.66. The SMILES string of the molecule is C=CC(N)c1ccc(/N=N/c2ccc([N+](=O)[O-])cc2)cc1. The van der Waals surface area contributed by atoms with Crippen LogP contribution in [0.2, 0.25) is 0 Å². The van der Waals surface area contributed by atoms with Crippen molar-refractivity contribution in [3.8, 4) is 0 Å². The van der Waals surface area contributed by atoms with Gasteiger partial charge in [-0.15, -0.1) is 6.58 Å². The molecule has 2 aromatic rings. The Labute approximate surface area is 121 Å². The zero-order chi connectivity index (χ0) is 15.2. The topological polar surface area (TPSA) is 93.9 Å². The summed E-state index contributed by atoms with van der Waals surface area (Å²) in [5.41, 5.74) is 8.01. The third-order valence-corrected chi connectivity index (χ3v) is 2.87. The summed E-state index contributed by atoms with van der Waals surface area (Å²) in [6.45, 7) is 3.64. The van der Waals surface area contributed by atoms with Crippen molar-refractivity contribution in [2.75, 3.05) is 0 Å². The second-order valence-corrected chi connectivity index (χ2v) is 4.33. The normalized spacial score (nSPS) is 12.2. The molecule has 0 saturated heterocycles. The van der Waals surface area contributed by atoms with Crippen molar-refractivity contribution in [1.82, 2.24) is 0 Å². The molecule has 0 radical (unpaired) electrons. The lowest BCUT2D eigenvalue weighted by molar-refractivity contribution is -0.384. The molecule has 0 bridgehead atoms. The quantitative estimate of drug-likeness (QED) is 0.385. The maximum Gasteiger partial charge on any atom is 0.269 e. The van der Waals surface area contributed by atoms with E-state index in [1.165, 1.54) is 12.1 Å². The van der Waals surface area contributed by atoms with Crippen molar-refractivity contribution in [2.45, 2.75) is 6.04 Å². The van der Waals surface area contributed by atoms with Gasteiger partial charge in [-0.25, -0.2) is 0 Å². The van der Waals surface area contributed by atoms with Gasteiger partial charge < -0.3 is 5.73 Å². The van der Waals surface area contributed by atoms with Gasteiger partial charge in [-0.3, -0.25) is 10.1 Å². The maximum atomic E-state index is 10.5. The minimum atomic E-state index is -0.456. The summed E-state index contributed by atoms with van der Waals surface area (Å²) in [5.74, 6) is 0. The summed E-state index contributed by atoms with van der Waals surface area (Å²) >= 11 is 0. The molecule has 2 N–H and O–H groups in total. The second-order valence-electron chi connectivity index (χ2n) is 4.33. The predicted octanol–water partition coefficient (Wildman–Crippen LogP) is 4.20. The second kappa shape index (κ2) is 6.53. The Morgan fingerprint density at radius 1 is 1.05 bits per heavy atom. The van der Waals surface area contributed by atoms with Gasteiger partial charge in [-0.2, -0.15) is 10.2 Å². The first-order chi connectivity index (χ1) is 10.1. The van der Waals surface area contributed by atoms with Crippen LogP contribution in [0.1, 0.15) is 11.6 Å². The van der Waals surface area contributed by atoms with Crippen molar-refractivity contribution < 1.29 is 4.92 Å². The lowest BCUT2D eigenvalue weighted by Crippen LogP contribution is -2.05. The third-order valence-electron chi connectivity index (χ3n) is 2.87. The van der Waals surface area contributed by atoms with Crippen LogP contribution in [0.3, 0.4) is 0 Å². The molecule has 0 saturated carbocycles. The molecule has 6 nitrogen and oxygen atoms in total. The molecule has 2 rings (SSSR count). The maximum absolute atomic E-state index is 10.5. The molecule has 0 aliphatic heterocycles. The van der Waals surface area contributed by atoms with Gasteiger partial charge in [0.2, 0.25) is 0 Å². The van der Waals surface area contributed by atoms with Gasteiger partial charge in [0, 0.05) is 18.2 Å². The smallest absolute Gasteiger partial charge is 0.269 e. The van der Waals surface area contributed by atoms with Crippen molar-refractivity contribution in [3.05, 3.63) is 76.9 Å². The Hall–Kier alpha value is -2.86. The van der Waals surface area contributed by atoms with Crippen LogP contribution in [0.25, 0.3) is 0 Å². The van der Waals surface area contributed by atoms with Crippen LogP contribution in [-0.2, 0) is 0 Å². The molecule has 6 heteroatoms. The van der Waals surface area contributed by atoms with E-state index in [9.17, 15) is 10.1 Å². The first-order valence-electron chi connectivity index (χ1n) is 6.24. The molecule has 0 amide bonds. The molecular formula is C15H14N4O2. The Balaban J connectivity index is 2.10. The van der Waals surface area contributed by atoms with Gasteiger partial charge >= 0.3 is 0 Å². The van der Waals surface area contributed by atoms with E-state index in [0.29, 0.717) is 11.4 Å². The summed E-state index contributed by atoms with van der Waals surface area (Å²) in [6.07, 6.45) is 1.66. The minimum absolute atomic E-state index is 0.0247. The average molecular weight is 282 g/mol. The molecule has 0 fully saturated rings. The summed E-state index contributed by atoms with van der Waals surface area (Å²) < 4.78 is 0. The number of azo groups is 1. The Morgan fingerprint density at radius 2 is 1.52 bits per heavy atom. The first kappa shape index (κ1) is 14.5. The van der Waals surface area contributed by atoms with Gasteiger partial charge in [0.05, 0.1) is 16.3 Å². The highest BCUT2D eigenvalue weighted by molar-refractivity contribution is 5.45. The van der Waals surface area contributed by atoms with E-state index in [4.69, 9.17) is 5.73 Å². The molecule has 1 atom stereocenters. The lowest BCUT2D eigenvalue weighted by atomic mass is 10.1. The number of rotatable bonds is 5. The summed E-state index contributed by atoms with van der Waals surface area (Å²) in [4.78, 5) is 10.1. The number of nitro benzene ring substituents is 1. The van der Waals surface area contributed by atoms with Gasteiger partial charge in [-0.1, -0.05) is 18.2 Å². The average Bonchev–Trinajstić information content (AvgIpc) is 2.53. The monoisotopic (exact) mass is 282 g/mol. The molecule has 106 valence electrons. The summed E-state index contributed by atoms with van der Waals surface area (Å²) in [5, 5.41) is 18.6. The number of nitrogens with zero attached hydrogens (tertiary/aromatic N) is 3. The zero-order valence-electron chi connectivity index (χ0n) is 11.2. The van der Waals surface area contributed by atoms with Gasteiger partial charge in [0.1, 0.15) is 0 Å². The number of non-ortho nitro benzene ring substituents is 1. The van der Waals surface area contributed by atoms with Crippen molar-refractivity contribution in [2.24, 2.45) is 16.0 Å². The van der Waals surface area contributed by atoms with E-state index in [2.05, 4.69) is 16.8 Å². The van der Waals surface area contributed by atoms with Crippen LogP contribution < -0.4 is 5.73 Å². The number of nitro groups is 1. The largest absolute Gasteiger partial charge is 0.321 e. The van der Waals surface area contributed by atoms with E-state index in [1.54, 1.807) is 30.3 Å². The van der Waals surface area contributed by atoms with Gasteiger partial charge in [0.25, 0.3) is 5.69 Å². The molecular weight excluding hydrogens is 268 g/mol. The van der Waals surface area contributed by atoms with Crippen LogP contribution in [0.4, 0.5) is 17.1 Å². The highest BCUT2D eigenvalue weighted by Gasteiger charge is 2.03. The van der Waals surface area contributed by atoms with Crippen molar-refractivity contribution in [1.29, 1.82) is 0 Å². The fraction of sp³-hybridized carbons (Fsp3) is 0.0667. The minimum Gasteiger partial charge on any atom is -0.321 e. The molecule has 0 aliphatic rings. The predicted molar refractivity (Wildman–Crippen MR) is 80.8 cm³/mol. The van der Waals surface area contributed by atoms with E-state index in [0.717, 1.165) is 5.56 Å². The molecule has 0 aromatic heterocycles. The van der Waals surface area contributed by atoms with E-state index in [1.807, 2.05) is 12.1 Å². The number of hydrogen-bond donors (Lipinski definition) is 1. The van der Waals surface area contributed by atoms with Crippen LogP contribution in [-0.4, -0.2) is 4.92 Å². The van der Waals surface area contributed by atoms with E-state index < -0.39 is 4.92 Å². The van der Waals surface area contributed by atoms with Crippen LogP contribution in [0.15, 0.2) is 71.4 Å². The van der Waals surface area contributed by atoms with E-state index >= 15 is 0 Å².